The maximum atomic E-state index is 12.2. The molecule has 4 rings (SSSR count). The van der Waals surface area contributed by atoms with Gasteiger partial charge < -0.3 is 18.8 Å². The third-order valence-electron chi connectivity index (χ3n) is 5.18. The monoisotopic (exact) mass is 390 g/mol. The number of para-hydroxylation sites is 1. The molecule has 1 N–H and O–H groups in total. The van der Waals surface area contributed by atoms with E-state index in [1.165, 1.54) is 4.90 Å². The summed E-state index contributed by atoms with van der Waals surface area (Å²) in [5.41, 5.74) is 2.33. The molecule has 1 aromatic heterocycles. The molecule has 0 fully saturated rings. The molecule has 5 nitrogen and oxygen atoms in total. The molecular weight excluding hydrogens is 366 g/mol. The predicted octanol–water partition coefficient (Wildman–Crippen LogP) is 3.18. The fraction of sp³-hybridized carbons (Fsp3) is 0.208. The molecule has 3 aromatic carbocycles. The van der Waals surface area contributed by atoms with Crippen molar-refractivity contribution in [2.45, 2.75) is 13.1 Å². The third-order valence-corrected chi connectivity index (χ3v) is 5.18. The van der Waals surface area contributed by atoms with Gasteiger partial charge in [-0.1, -0.05) is 36.4 Å². The summed E-state index contributed by atoms with van der Waals surface area (Å²) in [4.78, 5) is 13.4. The van der Waals surface area contributed by atoms with Gasteiger partial charge in [0, 0.05) is 17.0 Å². The molecule has 1 unspecified atom stereocenters. The Morgan fingerprint density at radius 2 is 1.69 bits per heavy atom. The minimum Gasteiger partial charge on any atom is -0.493 e. The lowest BCUT2D eigenvalue weighted by molar-refractivity contribution is -0.907. The number of nitrogens with one attached hydrogen (secondary N) is 1. The first-order chi connectivity index (χ1) is 14.1. The smallest absolute Gasteiger partial charge is 0.336 e. The van der Waals surface area contributed by atoms with Gasteiger partial charge >= 0.3 is 5.63 Å². The zero-order chi connectivity index (χ0) is 20.4. The van der Waals surface area contributed by atoms with Crippen LogP contribution in [0.15, 0.2) is 69.9 Å². The number of hydrogen-bond donors (Lipinski definition) is 1. The second-order valence-electron chi connectivity index (χ2n) is 7.21. The zero-order valence-corrected chi connectivity index (χ0v) is 16.8. The van der Waals surface area contributed by atoms with Crippen LogP contribution < -0.4 is 20.0 Å². The minimum atomic E-state index is -0.324. The van der Waals surface area contributed by atoms with Gasteiger partial charge in [0.1, 0.15) is 18.7 Å². The van der Waals surface area contributed by atoms with Gasteiger partial charge in [-0.05, 0) is 29.0 Å². The number of benzene rings is 3. The van der Waals surface area contributed by atoms with Crippen molar-refractivity contribution in [1.29, 1.82) is 0 Å². The van der Waals surface area contributed by atoms with Crippen LogP contribution >= 0.6 is 0 Å². The summed E-state index contributed by atoms with van der Waals surface area (Å²) in [6.45, 7) is 1.41. The van der Waals surface area contributed by atoms with Gasteiger partial charge in [0.2, 0.25) is 0 Å². The molecule has 5 heteroatoms. The first-order valence-corrected chi connectivity index (χ1v) is 9.56. The Kier molecular flexibility index (Phi) is 5.23. The van der Waals surface area contributed by atoms with Gasteiger partial charge in [-0.3, -0.25) is 0 Å². The Labute approximate surface area is 169 Å². The van der Waals surface area contributed by atoms with E-state index in [1.54, 1.807) is 20.3 Å². The maximum Gasteiger partial charge on any atom is 0.336 e. The summed E-state index contributed by atoms with van der Waals surface area (Å²) in [5.74, 6) is 1.46. The molecule has 0 saturated heterocycles. The van der Waals surface area contributed by atoms with Crippen molar-refractivity contribution in [2.75, 3.05) is 21.3 Å². The fourth-order valence-corrected chi connectivity index (χ4v) is 3.97. The van der Waals surface area contributed by atoms with Crippen molar-refractivity contribution >= 4 is 21.7 Å². The van der Waals surface area contributed by atoms with E-state index in [-0.39, 0.29) is 5.63 Å². The summed E-state index contributed by atoms with van der Waals surface area (Å²) >= 11 is 0. The number of rotatable bonds is 6. The van der Waals surface area contributed by atoms with Crippen LogP contribution in [0.5, 0.6) is 11.5 Å². The number of fused-ring (bicyclic) bond motifs is 3. The topological polar surface area (TPSA) is 53.1 Å². The maximum absolute atomic E-state index is 12.2. The summed E-state index contributed by atoms with van der Waals surface area (Å²) < 4.78 is 16.4. The number of methoxy groups -OCH3 is 2. The highest BCUT2D eigenvalue weighted by Gasteiger charge is 2.17. The van der Waals surface area contributed by atoms with Crippen molar-refractivity contribution in [3.05, 3.63) is 82.2 Å². The molecule has 148 valence electrons. The van der Waals surface area contributed by atoms with E-state index < -0.39 is 0 Å². The molecule has 0 radical (unpaired) electrons. The fourth-order valence-electron chi connectivity index (χ4n) is 3.97. The molecule has 1 atom stereocenters. The summed E-state index contributed by atoms with van der Waals surface area (Å²) in [5, 5.41) is 3.22. The molecule has 0 amide bonds. The van der Waals surface area contributed by atoms with Crippen LogP contribution in [0.2, 0.25) is 0 Å². The predicted molar refractivity (Wildman–Crippen MR) is 114 cm³/mol. The Morgan fingerprint density at radius 3 is 2.48 bits per heavy atom. The van der Waals surface area contributed by atoms with E-state index in [9.17, 15) is 4.79 Å². The van der Waals surface area contributed by atoms with Crippen LogP contribution in [0.1, 0.15) is 11.1 Å². The van der Waals surface area contributed by atoms with Crippen molar-refractivity contribution < 1.29 is 18.8 Å². The third kappa shape index (κ3) is 3.69. The van der Waals surface area contributed by atoms with Crippen LogP contribution in [0, 0.1) is 0 Å². The second-order valence-corrected chi connectivity index (χ2v) is 7.21. The molecule has 0 aliphatic rings. The van der Waals surface area contributed by atoms with E-state index >= 15 is 0 Å². The molecule has 0 bridgehead atoms. The molecule has 0 aliphatic carbocycles. The first kappa shape index (κ1) is 19.0. The lowest BCUT2D eigenvalue weighted by atomic mass is 10.0. The molecule has 0 spiro atoms. The van der Waals surface area contributed by atoms with Gasteiger partial charge in [-0.25, -0.2) is 4.79 Å². The van der Waals surface area contributed by atoms with Crippen molar-refractivity contribution in [2.24, 2.45) is 0 Å². The quantitative estimate of drug-likeness (QED) is 0.406. The Hall–Kier alpha value is -3.31. The van der Waals surface area contributed by atoms with Crippen molar-refractivity contribution in [3.63, 3.8) is 0 Å². The lowest BCUT2D eigenvalue weighted by Crippen LogP contribution is -3.06. The Morgan fingerprint density at radius 1 is 0.897 bits per heavy atom. The van der Waals surface area contributed by atoms with Crippen LogP contribution in [0.3, 0.4) is 0 Å². The van der Waals surface area contributed by atoms with Crippen molar-refractivity contribution in [3.8, 4) is 11.5 Å². The largest absolute Gasteiger partial charge is 0.493 e. The van der Waals surface area contributed by atoms with Gasteiger partial charge in [-0.15, -0.1) is 0 Å². The summed E-state index contributed by atoms with van der Waals surface area (Å²) in [6, 6.07) is 19.5. The van der Waals surface area contributed by atoms with Crippen molar-refractivity contribution in [1.82, 2.24) is 0 Å². The normalized spacial score (nSPS) is 12.2. The molecule has 1 heterocycles. The average molecular weight is 390 g/mol. The highest BCUT2D eigenvalue weighted by atomic mass is 16.5. The molecule has 0 saturated carbocycles. The van der Waals surface area contributed by atoms with Gasteiger partial charge in [-0.2, -0.15) is 0 Å². The highest BCUT2D eigenvalue weighted by molar-refractivity contribution is 6.06. The Bertz CT molecular complexity index is 1230. The summed E-state index contributed by atoms with van der Waals surface area (Å²) in [6.07, 6.45) is 0. The number of ether oxygens (including phenoxy) is 2. The van der Waals surface area contributed by atoms with Crippen LogP contribution in [0.4, 0.5) is 0 Å². The van der Waals surface area contributed by atoms with E-state index in [4.69, 9.17) is 13.9 Å². The minimum absolute atomic E-state index is 0.324. The van der Waals surface area contributed by atoms with E-state index in [2.05, 4.69) is 19.2 Å². The molecule has 0 aliphatic heterocycles. The Balaban J connectivity index is 1.73. The number of hydrogen-bond acceptors (Lipinski definition) is 4. The molecular formula is C24H24NO4+. The van der Waals surface area contributed by atoms with Crippen LogP contribution in [0.25, 0.3) is 21.7 Å². The van der Waals surface area contributed by atoms with Gasteiger partial charge in [0.15, 0.2) is 11.5 Å². The van der Waals surface area contributed by atoms with Gasteiger partial charge in [0.05, 0.1) is 26.8 Å². The molecule has 4 aromatic rings. The van der Waals surface area contributed by atoms with Crippen LogP contribution in [-0.2, 0) is 13.1 Å². The summed E-state index contributed by atoms with van der Waals surface area (Å²) in [7, 11) is 5.39. The standard InChI is InChI=1S/C24H23NO4/c1-25(14-17-8-6-10-21(27-2)24(17)28-3)15-18-13-22(26)29-20-12-11-16-7-4-5-9-19(16)23(18)20/h4-13H,14-15H2,1-3H3/p+1. The lowest BCUT2D eigenvalue weighted by Gasteiger charge is -2.18. The van der Waals surface area contributed by atoms with E-state index in [0.29, 0.717) is 12.1 Å². The SMILES string of the molecule is COc1cccc(C[NH+](C)Cc2cc(=O)oc3ccc4ccccc4c23)c1OC. The van der Waals surface area contributed by atoms with E-state index in [0.717, 1.165) is 45.3 Å². The van der Waals surface area contributed by atoms with Gasteiger partial charge in [0.25, 0.3) is 0 Å². The van der Waals surface area contributed by atoms with E-state index in [1.807, 2.05) is 42.5 Å². The van der Waals surface area contributed by atoms with Crippen LogP contribution in [-0.4, -0.2) is 21.3 Å². The number of quaternary nitrogens is 1. The molecule has 29 heavy (non-hydrogen) atoms. The highest BCUT2D eigenvalue weighted by Crippen LogP contribution is 2.30. The average Bonchev–Trinajstić information content (AvgIpc) is 2.72. The second kappa shape index (κ2) is 7.97. The first-order valence-electron chi connectivity index (χ1n) is 9.56. The zero-order valence-electron chi connectivity index (χ0n) is 16.8.